The molecule has 164 valence electrons. The average Bonchev–Trinajstić information content (AvgIpc) is 2.82. The first kappa shape index (κ1) is 20.3. The molecular formula is C25H32N4O2. The molecule has 3 saturated heterocycles. The topological polar surface area (TPSA) is 58.6 Å². The van der Waals surface area contributed by atoms with E-state index in [9.17, 15) is 4.79 Å². The molecule has 3 fully saturated rings. The van der Waals surface area contributed by atoms with Crippen LogP contribution < -0.4 is 9.64 Å². The molecule has 31 heavy (non-hydrogen) atoms. The number of carbonyl (C=O) groups excluding carboxylic acids is 1. The second-order valence-electron chi connectivity index (χ2n) is 9.29. The fraction of sp³-hybridized carbons (Fsp3) is 0.560. The van der Waals surface area contributed by atoms with Gasteiger partial charge in [-0.25, -0.2) is 9.97 Å². The predicted molar refractivity (Wildman–Crippen MR) is 120 cm³/mol. The molecule has 6 nitrogen and oxygen atoms in total. The number of benzene rings is 1. The van der Waals surface area contributed by atoms with Gasteiger partial charge in [0.25, 0.3) is 0 Å². The number of carbonyl (C=O) groups is 1. The number of hydrogen-bond donors (Lipinski definition) is 0. The van der Waals surface area contributed by atoms with Crippen LogP contribution >= 0.6 is 0 Å². The van der Waals surface area contributed by atoms with Crippen molar-refractivity contribution in [3.05, 3.63) is 47.8 Å². The van der Waals surface area contributed by atoms with Crippen LogP contribution in [0.25, 0.3) is 0 Å². The van der Waals surface area contributed by atoms with E-state index < -0.39 is 0 Å². The molecule has 3 aliphatic heterocycles. The number of fused-ring (bicyclic) bond motifs is 4. The summed E-state index contributed by atoms with van der Waals surface area (Å²) in [7, 11) is 1.71. The van der Waals surface area contributed by atoms with Crippen LogP contribution in [0.15, 0.2) is 36.7 Å². The molecule has 1 aromatic heterocycles. The monoisotopic (exact) mass is 420 g/mol. The summed E-state index contributed by atoms with van der Waals surface area (Å²) >= 11 is 0. The van der Waals surface area contributed by atoms with Gasteiger partial charge in [-0.2, -0.15) is 0 Å². The normalized spacial score (nSPS) is 27.7. The summed E-state index contributed by atoms with van der Waals surface area (Å²) in [5.74, 6) is 2.98. The van der Waals surface area contributed by atoms with Gasteiger partial charge in [-0.15, -0.1) is 0 Å². The quantitative estimate of drug-likeness (QED) is 0.741. The highest BCUT2D eigenvalue weighted by Crippen LogP contribution is 2.43. The fourth-order valence-electron chi connectivity index (χ4n) is 5.94. The van der Waals surface area contributed by atoms with Crippen molar-refractivity contribution in [2.45, 2.75) is 57.5 Å². The van der Waals surface area contributed by atoms with E-state index in [-0.39, 0.29) is 6.04 Å². The van der Waals surface area contributed by atoms with E-state index in [1.54, 1.807) is 7.11 Å². The Labute approximate surface area is 184 Å². The number of ether oxygens (including phenoxy) is 1. The van der Waals surface area contributed by atoms with Crippen LogP contribution in [0.1, 0.15) is 43.7 Å². The van der Waals surface area contributed by atoms with E-state index in [2.05, 4.69) is 38.8 Å². The van der Waals surface area contributed by atoms with Gasteiger partial charge in [0.15, 0.2) is 0 Å². The Bertz CT molecular complexity index is 931. The van der Waals surface area contributed by atoms with Gasteiger partial charge < -0.3 is 14.5 Å². The average molecular weight is 421 g/mol. The van der Waals surface area contributed by atoms with Crippen LogP contribution in [-0.2, 0) is 17.6 Å². The first-order valence-corrected chi connectivity index (χ1v) is 11.7. The Hall–Kier alpha value is -2.63. The molecule has 2 bridgehead atoms. The molecular weight excluding hydrogens is 388 g/mol. The van der Waals surface area contributed by atoms with Crippen molar-refractivity contribution >= 4 is 11.9 Å². The number of anilines is 1. The van der Waals surface area contributed by atoms with E-state index in [4.69, 9.17) is 4.74 Å². The number of nitrogens with zero attached hydrogens (tertiary/aromatic N) is 4. The van der Waals surface area contributed by atoms with Crippen LogP contribution in [0.5, 0.6) is 5.75 Å². The number of piperidine rings is 3. The zero-order chi connectivity index (χ0) is 21.4. The highest BCUT2D eigenvalue weighted by atomic mass is 16.5. The third-order valence-corrected chi connectivity index (χ3v) is 7.46. The number of aryl methyl sites for hydroxylation is 1. The molecule has 6 heteroatoms. The smallest absolute Gasteiger partial charge is 0.225 e. The number of methoxy groups -OCH3 is 1. The Kier molecular flexibility index (Phi) is 5.55. The molecule has 4 atom stereocenters. The Morgan fingerprint density at radius 1 is 1.13 bits per heavy atom. The van der Waals surface area contributed by atoms with Crippen molar-refractivity contribution in [1.29, 1.82) is 0 Å². The first-order valence-electron chi connectivity index (χ1n) is 11.7. The predicted octanol–water partition coefficient (Wildman–Crippen LogP) is 3.50. The van der Waals surface area contributed by atoms with Crippen molar-refractivity contribution < 1.29 is 9.53 Å². The van der Waals surface area contributed by atoms with Gasteiger partial charge in [0.1, 0.15) is 5.75 Å². The summed E-state index contributed by atoms with van der Waals surface area (Å²) in [6.45, 7) is 3.98. The Morgan fingerprint density at radius 3 is 2.71 bits per heavy atom. The van der Waals surface area contributed by atoms with Gasteiger partial charge >= 0.3 is 0 Å². The maximum Gasteiger partial charge on any atom is 0.225 e. The molecule has 3 aliphatic rings. The summed E-state index contributed by atoms with van der Waals surface area (Å²) in [6, 6.07) is 8.86. The highest BCUT2D eigenvalue weighted by molar-refractivity contribution is 5.78. The minimum Gasteiger partial charge on any atom is -0.497 e. The number of aromatic nitrogens is 2. The number of hydrogen-bond acceptors (Lipinski definition) is 5. The first-order chi connectivity index (χ1) is 15.2. The summed E-state index contributed by atoms with van der Waals surface area (Å²) in [6.07, 6.45) is 9.74. The van der Waals surface area contributed by atoms with E-state index in [1.807, 2.05) is 24.5 Å². The molecule has 0 unspecified atom stereocenters. The van der Waals surface area contributed by atoms with E-state index in [0.717, 1.165) is 50.5 Å². The SMILES string of the molecule is CCc1cnc(N2C[C@H]3C[C@@H](C2)[C@H](Cc2cccc(OC)c2)N2C(=O)CCC[C@@H]32)nc1. The van der Waals surface area contributed by atoms with Gasteiger partial charge in [0.05, 0.1) is 7.11 Å². The maximum absolute atomic E-state index is 13.1. The molecule has 0 aliphatic carbocycles. The summed E-state index contributed by atoms with van der Waals surface area (Å²) in [4.78, 5) is 27.1. The number of amides is 1. The van der Waals surface area contributed by atoms with E-state index in [1.165, 1.54) is 17.5 Å². The fourth-order valence-corrected chi connectivity index (χ4v) is 5.94. The summed E-state index contributed by atoms with van der Waals surface area (Å²) < 4.78 is 5.44. The van der Waals surface area contributed by atoms with Crippen LogP contribution in [0.3, 0.4) is 0 Å². The van der Waals surface area contributed by atoms with Crippen molar-refractivity contribution in [3.8, 4) is 5.75 Å². The lowest BCUT2D eigenvalue weighted by molar-refractivity contribution is -0.148. The zero-order valence-corrected chi connectivity index (χ0v) is 18.5. The Balaban J connectivity index is 1.44. The molecule has 0 saturated carbocycles. The minimum atomic E-state index is 0.221. The summed E-state index contributed by atoms with van der Waals surface area (Å²) in [5, 5.41) is 0. The third-order valence-electron chi connectivity index (χ3n) is 7.46. The molecule has 0 radical (unpaired) electrons. The third kappa shape index (κ3) is 3.88. The summed E-state index contributed by atoms with van der Waals surface area (Å²) in [5.41, 5.74) is 2.40. The van der Waals surface area contributed by atoms with E-state index in [0.29, 0.717) is 30.2 Å². The maximum atomic E-state index is 13.1. The molecule has 5 rings (SSSR count). The number of rotatable bonds is 5. The molecule has 1 aromatic carbocycles. The lowest BCUT2D eigenvalue weighted by Crippen LogP contribution is -2.65. The second kappa shape index (κ2) is 8.48. The van der Waals surface area contributed by atoms with Crippen molar-refractivity contribution in [3.63, 3.8) is 0 Å². The van der Waals surface area contributed by atoms with Gasteiger partial charge in [-0.3, -0.25) is 4.79 Å². The van der Waals surface area contributed by atoms with Crippen molar-refractivity contribution in [1.82, 2.24) is 14.9 Å². The highest BCUT2D eigenvalue weighted by Gasteiger charge is 2.49. The van der Waals surface area contributed by atoms with Crippen LogP contribution in [-0.4, -0.2) is 53.1 Å². The Morgan fingerprint density at radius 2 is 1.94 bits per heavy atom. The van der Waals surface area contributed by atoms with Gasteiger partial charge in [0.2, 0.25) is 11.9 Å². The van der Waals surface area contributed by atoms with E-state index >= 15 is 0 Å². The van der Waals surface area contributed by atoms with Gasteiger partial charge in [0, 0.05) is 44.0 Å². The molecule has 2 aromatic rings. The lowest BCUT2D eigenvalue weighted by atomic mass is 9.71. The van der Waals surface area contributed by atoms with Gasteiger partial charge in [-0.1, -0.05) is 19.1 Å². The molecule has 0 N–H and O–H groups in total. The molecule has 4 heterocycles. The minimum absolute atomic E-state index is 0.221. The molecule has 0 spiro atoms. The van der Waals surface area contributed by atoms with Crippen molar-refractivity contribution in [2.24, 2.45) is 11.8 Å². The zero-order valence-electron chi connectivity index (χ0n) is 18.5. The van der Waals surface area contributed by atoms with Crippen LogP contribution in [0.4, 0.5) is 5.95 Å². The largest absolute Gasteiger partial charge is 0.497 e. The second-order valence-corrected chi connectivity index (χ2v) is 9.29. The van der Waals surface area contributed by atoms with Gasteiger partial charge in [-0.05, 0) is 67.2 Å². The van der Waals surface area contributed by atoms with Crippen molar-refractivity contribution in [2.75, 3.05) is 25.1 Å². The van der Waals surface area contributed by atoms with Crippen LogP contribution in [0, 0.1) is 11.8 Å². The molecule has 1 amide bonds. The standard InChI is InChI=1S/C25H32N4O2/c1-3-17-13-26-25(27-14-17)28-15-19-12-20(16-28)23(29-22(19)8-5-9-24(29)30)11-18-6-4-7-21(10-18)31-2/h4,6-7,10,13-14,19-20,22-23H,3,5,8-9,11-12,15-16H2,1-2H3/t19-,20+,22+,23+/m1/s1. The van der Waals surface area contributed by atoms with Crippen LogP contribution in [0.2, 0.25) is 0 Å². The lowest BCUT2D eigenvalue weighted by Gasteiger charge is -2.56.